The van der Waals surface area contributed by atoms with E-state index in [9.17, 15) is 9.90 Å². The Kier molecular flexibility index (Phi) is 1.14. The van der Waals surface area contributed by atoms with Gasteiger partial charge in [0.2, 0.25) is 0 Å². The monoisotopic (exact) mass is 190 g/mol. The molecule has 0 aliphatic heterocycles. The standard InChI is InChI=1S/C12H14O2/c1-6-8-9-7(5-13)4-11(6,2)10(14)12(8,9)3/h4,8-9,13H,1,5H2,2-3H3/t8?,9-,11+,12+/m1/s1. The minimum Gasteiger partial charge on any atom is -0.392 e. The summed E-state index contributed by atoms with van der Waals surface area (Å²) in [6.45, 7) is 8.09. The number of Topliss-reactive ketones (excluding diaryl/α,β-unsaturated/α-hetero) is 1. The summed E-state index contributed by atoms with van der Waals surface area (Å²) in [6, 6.07) is 0. The number of carbonyl (C=O) groups excluding carboxylic acids is 1. The number of aliphatic hydroxyl groups excluding tert-OH is 1. The van der Waals surface area contributed by atoms with Crippen molar-refractivity contribution in [3.63, 3.8) is 0 Å². The first-order chi connectivity index (χ1) is 6.48. The van der Waals surface area contributed by atoms with Crippen molar-refractivity contribution in [2.24, 2.45) is 22.7 Å². The second-order valence-electron chi connectivity index (χ2n) is 5.17. The summed E-state index contributed by atoms with van der Waals surface area (Å²) in [6.07, 6.45) is 1.94. The molecule has 0 radical (unpaired) electrons. The summed E-state index contributed by atoms with van der Waals surface area (Å²) in [5, 5.41) is 9.22. The average Bonchev–Trinajstić information content (AvgIpc) is 2.75. The summed E-state index contributed by atoms with van der Waals surface area (Å²) < 4.78 is 0. The molecule has 2 heteroatoms. The van der Waals surface area contributed by atoms with E-state index in [2.05, 4.69) is 6.58 Å². The van der Waals surface area contributed by atoms with E-state index in [0.29, 0.717) is 11.7 Å². The van der Waals surface area contributed by atoms with Gasteiger partial charge in [-0.15, -0.1) is 0 Å². The zero-order chi connectivity index (χ0) is 10.3. The van der Waals surface area contributed by atoms with Crippen molar-refractivity contribution in [1.29, 1.82) is 0 Å². The summed E-state index contributed by atoms with van der Waals surface area (Å²) >= 11 is 0. The van der Waals surface area contributed by atoms with E-state index < -0.39 is 5.41 Å². The minimum atomic E-state index is -0.480. The van der Waals surface area contributed by atoms with Crippen molar-refractivity contribution in [1.82, 2.24) is 0 Å². The van der Waals surface area contributed by atoms with E-state index in [1.807, 2.05) is 19.9 Å². The van der Waals surface area contributed by atoms with Gasteiger partial charge in [0.05, 0.1) is 12.0 Å². The fourth-order valence-electron chi connectivity index (χ4n) is 3.75. The molecule has 2 saturated carbocycles. The number of aliphatic hydroxyl groups is 1. The average molecular weight is 190 g/mol. The van der Waals surface area contributed by atoms with Gasteiger partial charge in [-0.1, -0.05) is 25.2 Å². The molecule has 0 amide bonds. The van der Waals surface area contributed by atoms with Crippen LogP contribution in [0.15, 0.2) is 23.8 Å². The number of ketones is 1. The predicted octanol–water partition coefficient (Wildman–Crippen LogP) is 1.32. The Balaban J connectivity index is 2.25. The maximum Gasteiger partial charge on any atom is 0.153 e. The zero-order valence-electron chi connectivity index (χ0n) is 8.50. The molecular formula is C12H14O2. The molecule has 2 fully saturated rings. The van der Waals surface area contributed by atoms with E-state index in [-0.39, 0.29) is 17.9 Å². The molecule has 4 aliphatic rings. The normalized spacial score (nSPS) is 53.5. The highest BCUT2D eigenvalue weighted by Gasteiger charge is 2.79. The Hall–Kier alpha value is -0.890. The van der Waals surface area contributed by atoms with Gasteiger partial charge in [-0.25, -0.2) is 0 Å². The first kappa shape index (κ1) is 8.42. The van der Waals surface area contributed by atoms with Gasteiger partial charge < -0.3 is 5.11 Å². The molecule has 0 saturated heterocycles. The number of allylic oxidation sites excluding steroid dienone is 2. The molecule has 2 nitrogen and oxygen atoms in total. The topological polar surface area (TPSA) is 37.3 Å². The van der Waals surface area contributed by atoms with E-state index in [1.54, 1.807) is 0 Å². The Morgan fingerprint density at radius 2 is 2.14 bits per heavy atom. The third kappa shape index (κ3) is 0.534. The van der Waals surface area contributed by atoms with Crippen LogP contribution in [0.5, 0.6) is 0 Å². The van der Waals surface area contributed by atoms with Gasteiger partial charge in [0.15, 0.2) is 5.78 Å². The van der Waals surface area contributed by atoms with E-state index in [0.717, 1.165) is 11.1 Å². The lowest BCUT2D eigenvalue weighted by Crippen LogP contribution is -2.35. The minimum absolute atomic E-state index is 0.0902. The van der Waals surface area contributed by atoms with Crippen molar-refractivity contribution in [2.75, 3.05) is 6.61 Å². The number of hydrogen-bond acceptors (Lipinski definition) is 2. The lowest BCUT2D eigenvalue weighted by Gasteiger charge is -2.32. The van der Waals surface area contributed by atoms with Crippen LogP contribution in [0.25, 0.3) is 0 Å². The Morgan fingerprint density at radius 3 is 2.50 bits per heavy atom. The summed E-state index contributed by atoms with van der Waals surface area (Å²) in [5.74, 6) is 0.878. The van der Waals surface area contributed by atoms with E-state index in [1.165, 1.54) is 0 Å². The fourth-order valence-corrected chi connectivity index (χ4v) is 3.75. The Labute approximate surface area is 83.3 Å². The summed E-state index contributed by atoms with van der Waals surface area (Å²) in [4.78, 5) is 12.1. The van der Waals surface area contributed by atoms with E-state index in [4.69, 9.17) is 0 Å². The molecule has 14 heavy (non-hydrogen) atoms. The van der Waals surface area contributed by atoms with Gasteiger partial charge >= 0.3 is 0 Å². The molecule has 1 N–H and O–H groups in total. The van der Waals surface area contributed by atoms with Crippen LogP contribution >= 0.6 is 0 Å². The molecule has 0 spiro atoms. The quantitative estimate of drug-likeness (QED) is 0.633. The number of rotatable bonds is 1. The molecule has 4 bridgehead atoms. The smallest absolute Gasteiger partial charge is 0.153 e. The maximum absolute atomic E-state index is 12.1. The van der Waals surface area contributed by atoms with Gasteiger partial charge in [0, 0.05) is 17.3 Å². The van der Waals surface area contributed by atoms with Crippen molar-refractivity contribution in [3.05, 3.63) is 23.8 Å². The first-order valence-electron chi connectivity index (χ1n) is 5.04. The predicted molar refractivity (Wildman–Crippen MR) is 52.5 cm³/mol. The Morgan fingerprint density at radius 1 is 1.50 bits per heavy atom. The Bertz CT molecular complexity index is 407. The van der Waals surface area contributed by atoms with Crippen LogP contribution in [0.3, 0.4) is 0 Å². The van der Waals surface area contributed by atoms with Gasteiger partial charge in [0.25, 0.3) is 0 Å². The number of carbonyl (C=O) groups is 1. The van der Waals surface area contributed by atoms with E-state index >= 15 is 0 Å². The second kappa shape index (κ2) is 1.89. The molecule has 4 rings (SSSR count). The van der Waals surface area contributed by atoms with Crippen LogP contribution < -0.4 is 0 Å². The first-order valence-corrected chi connectivity index (χ1v) is 5.04. The molecule has 1 unspecified atom stereocenters. The summed E-state index contributed by atoms with van der Waals surface area (Å²) in [5.41, 5.74) is 1.41. The number of hydrogen-bond donors (Lipinski definition) is 1. The lowest BCUT2D eigenvalue weighted by atomic mass is 9.69. The van der Waals surface area contributed by atoms with Crippen molar-refractivity contribution in [2.45, 2.75) is 13.8 Å². The van der Waals surface area contributed by atoms with Crippen LogP contribution in [-0.2, 0) is 4.79 Å². The fraction of sp³-hybridized carbons (Fsp3) is 0.583. The molecule has 74 valence electrons. The zero-order valence-corrected chi connectivity index (χ0v) is 8.50. The highest BCUT2D eigenvalue weighted by Crippen LogP contribution is 2.78. The molecule has 0 heterocycles. The maximum atomic E-state index is 12.1. The third-order valence-electron chi connectivity index (χ3n) is 4.58. The van der Waals surface area contributed by atoms with Crippen molar-refractivity contribution in [3.8, 4) is 0 Å². The molecule has 0 aromatic heterocycles. The van der Waals surface area contributed by atoms with Crippen LogP contribution in [0, 0.1) is 22.7 Å². The van der Waals surface area contributed by atoms with Gasteiger partial charge in [-0.3, -0.25) is 4.79 Å². The van der Waals surface area contributed by atoms with Crippen molar-refractivity contribution < 1.29 is 9.90 Å². The molecule has 0 aromatic rings. The van der Waals surface area contributed by atoms with Crippen LogP contribution in [-0.4, -0.2) is 17.5 Å². The second-order valence-corrected chi connectivity index (χ2v) is 5.17. The molecule has 4 atom stereocenters. The molecule has 4 aliphatic carbocycles. The molecular weight excluding hydrogens is 176 g/mol. The SMILES string of the molecule is C=C1C2[C@H]3C(CO)=C[C@]1(C)C(=O)[C@@]23C. The molecule has 0 aromatic carbocycles. The van der Waals surface area contributed by atoms with Gasteiger partial charge in [-0.05, 0) is 12.5 Å². The highest BCUT2D eigenvalue weighted by molar-refractivity contribution is 6.04. The van der Waals surface area contributed by atoms with Gasteiger partial charge in [0.1, 0.15) is 0 Å². The van der Waals surface area contributed by atoms with Crippen LogP contribution in [0.1, 0.15) is 13.8 Å². The third-order valence-corrected chi connectivity index (χ3v) is 4.58. The van der Waals surface area contributed by atoms with Crippen LogP contribution in [0.4, 0.5) is 0 Å². The highest BCUT2D eigenvalue weighted by atomic mass is 16.3. The lowest BCUT2D eigenvalue weighted by molar-refractivity contribution is -0.128. The largest absolute Gasteiger partial charge is 0.392 e. The van der Waals surface area contributed by atoms with Crippen LogP contribution in [0.2, 0.25) is 0 Å². The van der Waals surface area contributed by atoms with Gasteiger partial charge in [-0.2, -0.15) is 0 Å². The van der Waals surface area contributed by atoms with Crippen molar-refractivity contribution >= 4 is 5.78 Å². The summed E-state index contributed by atoms with van der Waals surface area (Å²) in [7, 11) is 0.